The highest BCUT2D eigenvalue weighted by atomic mass is 35.5. The number of aliphatic hydroxyl groups is 1. The maximum Gasteiger partial charge on any atom is 0.183 e. The van der Waals surface area contributed by atoms with Crippen molar-refractivity contribution in [3.05, 3.63) is 15.5 Å². The fourth-order valence-electron chi connectivity index (χ4n) is 0.535. The van der Waals surface area contributed by atoms with Gasteiger partial charge in [-0.25, -0.2) is 4.98 Å². The Morgan fingerprint density at radius 2 is 2.45 bits per heavy atom. The summed E-state index contributed by atoms with van der Waals surface area (Å²) in [5, 5.41) is 9.13. The van der Waals surface area contributed by atoms with Gasteiger partial charge in [0.25, 0.3) is 0 Å². The molecular weight excluding hydrogens is 207 g/mol. The summed E-state index contributed by atoms with van der Waals surface area (Å²) >= 11 is 6.76. The molecule has 6 heteroatoms. The molecule has 11 heavy (non-hydrogen) atoms. The van der Waals surface area contributed by atoms with Crippen LogP contribution in [0.25, 0.3) is 0 Å². The van der Waals surface area contributed by atoms with Gasteiger partial charge >= 0.3 is 0 Å². The van der Waals surface area contributed by atoms with E-state index in [1.165, 1.54) is 17.5 Å². The number of aromatic nitrogens is 1. The van der Waals surface area contributed by atoms with Crippen molar-refractivity contribution in [2.45, 2.75) is 6.10 Å². The smallest absolute Gasteiger partial charge is 0.183 e. The summed E-state index contributed by atoms with van der Waals surface area (Å²) in [6.45, 7) is 0.207. The van der Waals surface area contributed by atoms with Crippen LogP contribution in [0.5, 0.6) is 0 Å². The van der Waals surface area contributed by atoms with E-state index in [2.05, 4.69) is 4.98 Å². The van der Waals surface area contributed by atoms with Gasteiger partial charge in [-0.3, -0.25) is 0 Å². The molecule has 0 amide bonds. The molecule has 1 aromatic heterocycles. The molecule has 3 nitrogen and oxygen atoms in total. The highest BCUT2D eigenvalue weighted by Gasteiger charge is 2.07. The molecule has 0 bridgehead atoms. The van der Waals surface area contributed by atoms with Gasteiger partial charge in [0, 0.05) is 12.7 Å². The molecule has 0 spiro atoms. The Bertz CT molecular complexity index is 218. The van der Waals surface area contributed by atoms with Crippen molar-refractivity contribution < 1.29 is 5.11 Å². The number of hydrogen-bond acceptors (Lipinski definition) is 4. The van der Waals surface area contributed by atoms with Crippen LogP contribution in [-0.4, -0.2) is 16.6 Å². The number of hydrogen-bond donors (Lipinski definition) is 2. The molecule has 0 aliphatic carbocycles. The highest BCUT2D eigenvalue weighted by Crippen LogP contribution is 2.22. The summed E-state index contributed by atoms with van der Waals surface area (Å²) in [5.74, 6) is 0. The van der Waals surface area contributed by atoms with Crippen molar-refractivity contribution in [1.29, 1.82) is 0 Å². The van der Waals surface area contributed by atoms with Crippen molar-refractivity contribution in [3.63, 3.8) is 0 Å². The van der Waals surface area contributed by atoms with Crippen molar-refractivity contribution >= 4 is 35.3 Å². The lowest BCUT2D eigenvalue weighted by Gasteiger charge is -2.00. The lowest BCUT2D eigenvalue weighted by Crippen LogP contribution is -2.09. The van der Waals surface area contributed by atoms with Gasteiger partial charge in [0.1, 0.15) is 6.10 Å². The monoisotopic (exact) mass is 214 g/mol. The first kappa shape index (κ1) is 11.1. The maximum absolute atomic E-state index is 9.13. The third kappa shape index (κ3) is 2.92. The Hall–Kier alpha value is 0.130. The van der Waals surface area contributed by atoms with E-state index in [4.69, 9.17) is 22.4 Å². The summed E-state index contributed by atoms with van der Waals surface area (Å²) < 4.78 is 0.433. The molecule has 0 fully saturated rings. The van der Waals surface area contributed by atoms with E-state index in [0.717, 1.165) is 0 Å². The minimum absolute atomic E-state index is 0. The van der Waals surface area contributed by atoms with Crippen LogP contribution in [0, 0.1) is 0 Å². The SMILES string of the molecule is Cl.NC[C@H](O)c1cnc(Cl)s1. The van der Waals surface area contributed by atoms with Gasteiger partial charge in [0.2, 0.25) is 0 Å². The molecular formula is C5H8Cl2N2OS. The lowest BCUT2D eigenvalue weighted by molar-refractivity contribution is 0.190. The van der Waals surface area contributed by atoms with Crippen LogP contribution in [0.4, 0.5) is 0 Å². The normalized spacial score (nSPS) is 12.3. The molecule has 1 atom stereocenters. The van der Waals surface area contributed by atoms with Crippen LogP contribution in [0.2, 0.25) is 4.47 Å². The second kappa shape index (κ2) is 4.90. The molecule has 1 aromatic rings. The average Bonchev–Trinajstić information content (AvgIpc) is 2.34. The van der Waals surface area contributed by atoms with E-state index in [0.29, 0.717) is 9.34 Å². The van der Waals surface area contributed by atoms with Crippen LogP contribution in [0.1, 0.15) is 11.0 Å². The van der Waals surface area contributed by atoms with E-state index in [9.17, 15) is 0 Å². The van der Waals surface area contributed by atoms with E-state index >= 15 is 0 Å². The molecule has 1 rings (SSSR count). The number of nitrogens with zero attached hydrogens (tertiary/aromatic N) is 1. The van der Waals surface area contributed by atoms with Crippen molar-refractivity contribution in [2.75, 3.05) is 6.54 Å². The molecule has 0 aliphatic heterocycles. The van der Waals surface area contributed by atoms with Crippen molar-refractivity contribution in [3.8, 4) is 0 Å². The van der Waals surface area contributed by atoms with Crippen LogP contribution < -0.4 is 5.73 Å². The van der Waals surface area contributed by atoms with Gasteiger partial charge in [-0.1, -0.05) is 11.6 Å². The topological polar surface area (TPSA) is 59.1 Å². The number of nitrogens with two attached hydrogens (primary N) is 1. The summed E-state index contributed by atoms with van der Waals surface area (Å²) in [6, 6.07) is 0. The molecule has 0 aromatic carbocycles. The quantitative estimate of drug-likeness (QED) is 0.779. The number of thiazole rings is 1. The third-order valence-corrected chi connectivity index (χ3v) is 2.26. The van der Waals surface area contributed by atoms with Crippen LogP contribution in [0.3, 0.4) is 0 Å². The highest BCUT2D eigenvalue weighted by molar-refractivity contribution is 7.15. The number of aliphatic hydroxyl groups excluding tert-OH is 1. The summed E-state index contributed by atoms with van der Waals surface area (Å²) in [6.07, 6.45) is 0.912. The molecule has 64 valence electrons. The Labute approximate surface area is 79.6 Å². The summed E-state index contributed by atoms with van der Waals surface area (Å²) in [5.41, 5.74) is 5.20. The molecule has 0 saturated heterocycles. The number of rotatable bonds is 2. The first-order valence-corrected chi connectivity index (χ1v) is 3.93. The Balaban J connectivity index is 0.000001000. The molecule has 0 radical (unpaired) electrons. The van der Waals surface area contributed by atoms with Crippen LogP contribution in [0.15, 0.2) is 6.20 Å². The average molecular weight is 215 g/mol. The lowest BCUT2D eigenvalue weighted by atomic mass is 10.3. The fraction of sp³-hybridized carbons (Fsp3) is 0.400. The van der Waals surface area contributed by atoms with E-state index < -0.39 is 6.10 Å². The van der Waals surface area contributed by atoms with Gasteiger partial charge in [-0.2, -0.15) is 0 Å². The van der Waals surface area contributed by atoms with E-state index in [-0.39, 0.29) is 19.0 Å². The fourth-order valence-corrected chi connectivity index (χ4v) is 1.49. The standard InChI is InChI=1S/C5H7ClN2OS.ClH/c6-5-8-2-4(10-5)3(9)1-7;/h2-3,9H,1,7H2;1H/t3-;/m0./s1. The third-order valence-electron chi connectivity index (χ3n) is 1.05. The zero-order valence-corrected chi connectivity index (χ0v) is 7.92. The first-order chi connectivity index (χ1) is 4.74. The minimum Gasteiger partial charge on any atom is -0.386 e. The van der Waals surface area contributed by atoms with Gasteiger partial charge in [-0.05, 0) is 0 Å². The zero-order chi connectivity index (χ0) is 7.56. The van der Waals surface area contributed by atoms with Crippen molar-refractivity contribution in [2.24, 2.45) is 5.73 Å². The van der Waals surface area contributed by atoms with Crippen molar-refractivity contribution in [1.82, 2.24) is 4.98 Å². The Morgan fingerprint density at radius 1 is 1.82 bits per heavy atom. The Morgan fingerprint density at radius 3 is 2.82 bits per heavy atom. The summed E-state index contributed by atoms with van der Waals surface area (Å²) in [4.78, 5) is 4.47. The second-order valence-electron chi connectivity index (χ2n) is 1.77. The largest absolute Gasteiger partial charge is 0.386 e. The van der Waals surface area contributed by atoms with E-state index in [1.807, 2.05) is 0 Å². The van der Waals surface area contributed by atoms with Crippen LogP contribution >= 0.6 is 35.3 Å². The molecule has 0 saturated carbocycles. The van der Waals surface area contributed by atoms with Gasteiger partial charge in [0.15, 0.2) is 4.47 Å². The Kier molecular flexibility index (Phi) is 4.96. The molecule has 0 aliphatic rings. The maximum atomic E-state index is 9.13. The van der Waals surface area contributed by atoms with Gasteiger partial charge in [-0.15, -0.1) is 23.7 Å². The molecule has 0 unspecified atom stereocenters. The zero-order valence-electron chi connectivity index (χ0n) is 5.53. The molecule has 3 N–H and O–H groups in total. The predicted octanol–water partition coefficient (Wildman–Crippen LogP) is 1.21. The first-order valence-electron chi connectivity index (χ1n) is 2.73. The predicted molar refractivity (Wildman–Crippen MR) is 48.4 cm³/mol. The van der Waals surface area contributed by atoms with Gasteiger partial charge < -0.3 is 10.8 Å². The van der Waals surface area contributed by atoms with E-state index in [1.54, 1.807) is 0 Å². The summed E-state index contributed by atoms with van der Waals surface area (Å²) in [7, 11) is 0. The minimum atomic E-state index is -0.620. The molecule has 1 heterocycles. The van der Waals surface area contributed by atoms with Gasteiger partial charge in [0.05, 0.1) is 4.88 Å². The van der Waals surface area contributed by atoms with Crippen LogP contribution in [-0.2, 0) is 0 Å². The second-order valence-corrected chi connectivity index (χ2v) is 3.41. The number of halogens is 2.